The molecule has 0 spiro atoms. The Morgan fingerprint density at radius 2 is 1.74 bits per heavy atom. The van der Waals surface area contributed by atoms with Gasteiger partial charge in [0.1, 0.15) is 0 Å². The number of hydrogen-bond donors (Lipinski definition) is 0. The maximum Gasteiger partial charge on any atom is 0.156 e. The predicted molar refractivity (Wildman–Crippen MR) is 76.9 cm³/mol. The summed E-state index contributed by atoms with van der Waals surface area (Å²) in [5, 5.41) is 4.81. The van der Waals surface area contributed by atoms with Crippen LogP contribution < -0.4 is 0 Å². The maximum atomic E-state index is 4.81. The Morgan fingerprint density at radius 3 is 2.47 bits per heavy atom. The molecule has 3 nitrogen and oxygen atoms in total. The van der Waals surface area contributed by atoms with E-state index in [1.165, 1.54) is 47.3 Å². The van der Waals surface area contributed by atoms with Crippen molar-refractivity contribution >= 4 is 0 Å². The molecule has 3 heteroatoms. The van der Waals surface area contributed by atoms with Crippen molar-refractivity contribution in [2.45, 2.75) is 53.4 Å². The minimum Gasteiger partial charge on any atom is -0.233 e. The average molecular weight is 255 g/mol. The summed E-state index contributed by atoms with van der Waals surface area (Å²) >= 11 is 0. The topological polar surface area (TPSA) is 30.7 Å². The van der Waals surface area contributed by atoms with Gasteiger partial charge < -0.3 is 0 Å². The number of aryl methyl sites for hydroxylation is 4. The summed E-state index contributed by atoms with van der Waals surface area (Å²) in [6, 6.07) is 2.21. The highest BCUT2D eigenvalue weighted by atomic mass is 15.3. The number of aromatic nitrogens is 3. The molecular formula is C16H21N3. The summed E-state index contributed by atoms with van der Waals surface area (Å²) < 4.78 is 2.05. The highest BCUT2D eigenvalue weighted by Crippen LogP contribution is 2.26. The summed E-state index contributed by atoms with van der Waals surface area (Å²) in [4.78, 5) is 4.75. The van der Waals surface area contributed by atoms with E-state index in [0.29, 0.717) is 0 Å². The van der Waals surface area contributed by atoms with Crippen molar-refractivity contribution in [1.82, 2.24) is 14.8 Å². The van der Waals surface area contributed by atoms with Crippen LogP contribution in [0, 0.1) is 27.7 Å². The molecular weight excluding hydrogens is 234 g/mol. The maximum absolute atomic E-state index is 4.81. The van der Waals surface area contributed by atoms with Gasteiger partial charge in [-0.2, -0.15) is 5.10 Å². The van der Waals surface area contributed by atoms with Crippen molar-refractivity contribution in [3.05, 3.63) is 39.8 Å². The van der Waals surface area contributed by atoms with Crippen LogP contribution in [0.3, 0.4) is 0 Å². The van der Waals surface area contributed by atoms with Gasteiger partial charge in [0, 0.05) is 11.4 Å². The number of rotatable bonds is 1. The van der Waals surface area contributed by atoms with E-state index in [0.717, 1.165) is 17.9 Å². The third-order valence-corrected chi connectivity index (χ3v) is 4.24. The third kappa shape index (κ3) is 1.97. The van der Waals surface area contributed by atoms with Crippen LogP contribution in [0.5, 0.6) is 0 Å². The third-order valence-electron chi connectivity index (χ3n) is 4.24. The minimum atomic E-state index is 0.995. The zero-order chi connectivity index (χ0) is 13.6. The van der Waals surface area contributed by atoms with Crippen LogP contribution in [0.15, 0.2) is 6.07 Å². The van der Waals surface area contributed by atoms with E-state index < -0.39 is 0 Å². The van der Waals surface area contributed by atoms with Crippen LogP contribution in [-0.4, -0.2) is 14.8 Å². The van der Waals surface area contributed by atoms with Gasteiger partial charge in [-0.05, 0) is 70.1 Å². The van der Waals surface area contributed by atoms with Crippen molar-refractivity contribution in [3.8, 4) is 5.82 Å². The zero-order valence-corrected chi connectivity index (χ0v) is 12.2. The van der Waals surface area contributed by atoms with Gasteiger partial charge in [0.2, 0.25) is 0 Å². The van der Waals surface area contributed by atoms with Crippen molar-refractivity contribution in [1.29, 1.82) is 0 Å². The lowest BCUT2D eigenvalue weighted by molar-refractivity contribution is 0.670. The Kier molecular flexibility index (Phi) is 2.92. The van der Waals surface area contributed by atoms with Crippen LogP contribution in [0.1, 0.15) is 46.6 Å². The molecule has 0 aliphatic heterocycles. The first-order valence-electron chi connectivity index (χ1n) is 7.10. The van der Waals surface area contributed by atoms with Crippen LogP contribution in [0.25, 0.3) is 5.82 Å². The van der Waals surface area contributed by atoms with E-state index in [4.69, 9.17) is 10.1 Å². The Morgan fingerprint density at radius 1 is 1.00 bits per heavy atom. The molecule has 3 rings (SSSR count). The molecule has 19 heavy (non-hydrogen) atoms. The van der Waals surface area contributed by atoms with E-state index in [1.807, 2.05) is 0 Å². The van der Waals surface area contributed by atoms with E-state index in [-0.39, 0.29) is 0 Å². The number of fused-ring (bicyclic) bond motifs is 1. The molecule has 1 aliphatic carbocycles. The van der Waals surface area contributed by atoms with Gasteiger partial charge in [0.05, 0.1) is 5.69 Å². The Balaban J connectivity index is 2.17. The Labute approximate surface area is 114 Å². The Hall–Kier alpha value is -1.64. The van der Waals surface area contributed by atoms with Gasteiger partial charge in [-0.25, -0.2) is 9.67 Å². The molecule has 0 radical (unpaired) electrons. The second-order valence-electron chi connectivity index (χ2n) is 5.66. The van der Waals surface area contributed by atoms with E-state index >= 15 is 0 Å². The molecule has 0 saturated carbocycles. The Bertz CT molecular complexity index is 638. The van der Waals surface area contributed by atoms with Crippen LogP contribution in [-0.2, 0) is 12.8 Å². The van der Waals surface area contributed by atoms with Crippen molar-refractivity contribution < 1.29 is 0 Å². The fraction of sp³-hybridized carbons (Fsp3) is 0.500. The molecule has 0 bridgehead atoms. The SMILES string of the molecule is Cc1cc(C)c(-n2nc3c(c2C)CCCC3)nc1C. The fourth-order valence-electron chi connectivity index (χ4n) is 2.96. The van der Waals surface area contributed by atoms with Crippen molar-refractivity contribution in [2.75, 3.05) is 0 Å². The fourth-order valence-corrected chi connectivity index (χ4v) is 2.96. The molecule has 0 fully saturated rings. The molecule has 0 N–H and O–H groups in total. The standard InChI is InChI=1S/C16H21N3/c1-10-9-11(2)16(17-12(10)3)19-13(4)14-7-5-6-8-15(14)18-19/h9H,5-8H2,1-4H3. The molecule has 2 aromatic heterocycles. The van der Waals surface area contributed by atoms with Crippen LogP contribution >= 0.6 is 0 Å². The second kappa shape index (κ2) is 4.48. The molecule has 0 atom stereocenters. The number of pyridine rings is 1. The van der Waals surface area contributed by atoms with E-state index in [9.17, 15) is 0 Å². The summed E-state index contributed by atoms with van der Waals surface area (Å²) in [6.45, 7) is 8.47. The lowest BCUT2D eigenvalue weighted by Gasteiger charge is -2.11. The monoisotopic (exact) mass is 255 g/mol. The molecule has 2 heterocycles. The van der Waals surface area contributed by atoms with Crippen LogP contribution in [0.4, 0.5) is 0 Å². The quantitative estimate of drug-likeness (QED) is 0.782. The molecule has 1 aliphatic rings. The highest BCUT2D eigenvalue weighted by molar-refractivity contribution is 5.41. The largest absolute Gasteiger partial charge is 0.233 e. The zero-order valence-electron chi connectivity index (χ0n) is 12.2. The van der Waals surface area contributed by atoms with Crippen molar-refractivity contribution in [2.24, 2.45) is 0 Å². The van der Waals surface area contributed by atoms with E-state index in [2.05, 4.69) is 38.4 Å². The second-order valence-corrected chi connectivity index (χ2v) is 5.66. The first-order valence-corrected chi connectivity index (χ1v) is 7.10. The predicted octanol–water partition coefficient (Wildman–Crippen LogP) is 3.38. The summed E-state index contributed by atoms with van der Waals surface area (Å²) in [6.07, 6.45) is 4.85. The van der Waals surface area contributed by atoms with E-state index in [1.54, 1.807) is 0 Å². The molecule has 0 amide bonds. The summed E-state index contributed by atoms with van der Waals surface area (Å²) in [7, 11) is 0. The molecule has 2 aromatic rings. The highest BCUT2D eigenvalue weighted by Gasteiger charge is 2.20. The number of hydrogen-bond acceptors (Lipinski definition) is 2. The summed E-state index contributed by atoms with van der Waals surface area (Å²) in [5.74, 6) is 0.995. The smallest absolute Gasteiger partial charge is 0.156 e. The lowest BCUT2D eigenvalue weighted by atomic mass is 9.96. The van der Waals surface area contributed by atoms with Crippen molar-refractivity contribution in [3.63, 3.8) is 0 Å². The van der Waals surface area contributed by atoms with Gasteiger partial charge in [-0.1, -0.05) is 6.07 Å². The molecule has 0 unspecified atom stereocenters. The molecule has 100 valence electrons. The van der Waals surface area contributed by atoms with Gasteiger partial charge in [-0.3, -0.25) is 0 Å². The molecule has 0 saturated heterocycles. The molecule has 0 aromatic carbocycles. The summed E-state index contributed by atoms with van der Waals surface area (Å²) in [5.41, 5.74) is 7.54. The minimum absolute atomic E-state index is 0.995. The van der Waals surface area contributed by atoms with Gasteiger partial charge in [0.25, 0.3) is 0 Å². The van der Waals surface area contributed by atoms with Gasteiger partial charge in [-0.15, -0.1) is 0 Å². The number of nitrogens with zero attached hydrogens (tertiary/aromatic N) is 3. The average Bonchev–Trinajstić information content (AvgIpc) is 2.72. The lowest BCUT2D eigenvalue weighted by Crippen LogP contribution is -2.06. The van der Waals surface area contributed by atoms with Crippen LogP contribution in [0.2, 0.25) is 0 Å². The van der Waals surface area contributed by atoms with Gasteiger partial charge in [0.15, 0.2) is 5.82 Å². The van der Waals surface area contributed by atoms with Gasteiger partial charge >= 0.3 is 0 Å². The normalized spacial score (nSPS) is 14.5. The first kappa shape index (κ1) is 12.4. The first-order chi connectivity index (χ1) is 9.08.